The van der Waals surface area contributed by atoms with Gasteiger partial charge < -0.3 is 14.9 Å². The minimum atomic E-state index is -1.41. The Kier molecular flexibility index (Phi) is 1.26. The molecule has 2 N–H and O–H groups in total. The minimum Gasteiger partial charge on any atom is -0.465 e. The van der Waals surface area contributed by atoms with Crippen LogP contribution in [0.2, 0.25) is 0 Å². The summed E-state index contributed by atoms with van der Waals surface area (Å²) in [5.74, 6) is -0.850. The van der Waals surface area contributed by atoms with Crippen LogP contribution in [-0.4, -0.2) is 22.1 Å². The van der Waals surface area contributed by atoms with Gasteiger partial charge in [-0.1, -0.05) is 0 Å². The second-order valence-electron chi connectivity index (χ2n) is 2.38. The Morgan fingerprint density at radius 1 is 1.78 bits per heavy atom. The minimum absolute atomic E-state index is 0.563. The summed E-state index contributed by atoms with van der Waals surface area (Å²) in [6.45, 7) is 3.11. The molecule has 0 aromatic rings. The molecule has 1 heterocycles. The first kappa shape index (κ1) is 6.58. The van der Waals surface area contributed by atoms with Crippen LogP contribution in [0.4, 0.5) is 0 Å². The average molecular weight is 130 g/mol. The molecule has 1 aliphatic rings. The van der Waals surface area contributed by atoms with Crippen molar-refractivity contribution in [2.75, 3.05) is 0 Å². The van der Waals surface area contributed by atoms with E-state index in [4.69, 9.17) is 14.9 Å². The van der Waals surface area contributed by atoms with Crippen molar-refractivity contribution in [3.05, 3.63) is 11.8 Å². The SMILES string of the molecule is CC1=CC(O)C(C)(O)O1. The van der Waals surface area contributed by atoms with Crippen molar-refractivity contribution in [3.8, 4) is 0 Å². The van der Waals surface area contributed by atoms with Crippen LogP contribution in [0.1, 0.15) is 13.8 Å². The van der Waals surface area contributed by atoms with Crippen LogP contribution in [0, 0.1) is 0 Å². The van der Waals surface area contributed by atoms with E-state index in [-0.39, 0.29) is 0 Å². The second kappa shape index (κ2) is 1.72. The number of hydrogen-bond donors (Lipinski definition) is 2. The van der Waals surface area contributed by atoms with Crippen molar-refractivity contribution in [1.82, 2.24) is 0 Å². The van der Waals surface area contributed by atoms with Gasteiger partial charge in [0.2, 0.25) is 5.79 Å². The van der Waals surface area contributed by atoms with Crippen molar-refractivity contribution >= 4 is 0 Å². The molecule has 1 aliphatic heterocycles. The Morgan fingerprint density at radius 2 is 2.33 bits per heavy atom. The fraction of sp³-hybridized carbons (Fsp3) is 0.667. The summed E-state index contributed by atoms with van der Waals surface area (Å²) in [7, 11) is 0. The first-order valence-electron chi connectivity index (χ1n) is 2.80. The molecule has 0 saturated heterocycles. The van der Waals surface area contributed by atoms with Crippen LogP contribution in [0.15, 0.2) is 11.8 Å². The van der Waals surface area contributed by atoms with Crippen molar-refractivity contribution in [2.24, 2.45) is 0 Å². The molecular weight excluding hydrogens is 120 g/mol. The summed E-state index contributed by atoms with van der Waals surface area (Å²) in [5, 5.41) is 18.1. The van der Waals surface area contributed by atoms with E-state index in [0.717, 1.165) is 0 Å². The number of rotatable bonds is 0. The molecule has 3 nitrogen and oxygen atoms in total. The van der Waals surface area contributed by atoms with E-state index in [2.05, 4.69) is 0 Å². The van der Waals surface area contributed by atoms with Crippen LogP contribution in [-0.2, 0) is 4.74 Å². The van der Waals surface area contributed by atoms with E-state index in [1.165, 1.54) is 13.0 Å². The van der Waals surface area contributed by atoms with Gasteiger partial charge in [-0.3, -0.25) is 0 Å². The van der Waals surface area contributed by atoms with Gasteiger partial charge in [0.25, 0.3) is 0 Å². The Morgan fingerprint density at radius 3 is 2.44 bits per heavy atom. The third kappa shape index (κ3) is 1.06. The number of aliphatic hydroxyl groups is 2. The van der Waals surface area contributed by atoms with E-state index in [0.29, 0.717) is 5.76 Å². The molecular formula is C6H10O3. The predicted molar refractivity (Wildman–Crippen MR) is 31.5 cm³/mol. The molecule has 9 heavy (non-hydrogen) atoms. The zero-order valence-electron chi connectivity index (χ0n) is 5.46. The highest BCUT2D eigenvalue weighted by atomic mass is 16.6. The largest absolute Gasteiger partial charge is 0.465 e. The van der Waals surface area contributed by atoms with Crippen molar-refractivity contribution in [3.63, 3.8) is 0 Å². The molecule has 1 rings (SSSR count). The normalized spacial score (nSPS) is 42.2. The van der Waals surface area contributed by atoms with Crippen LogP contribution >= 0.6 is 0 Å². The molecule has 52 valence electrons. The van der Waals surface area contributed by atoms with Crippen LogP contribution in [0.5, 0.6) is 0 Å². The number of allylic oxidation sites excluding steroid dienone is 1. The van der Waals surface area contributed by atoms with Crippen molar-refractivity contribution in [1.29, 1.82) is 0 Å². The monoisotopic (exact) mass is 130 g/mol. The fourth-order valence-electron chi connectivity index (χ4n) is 0.797. The van der Waals surface area contributed by atoms with E-state index in [9.17, 15) is 0 Å². The van der Waals surface area contributed by atoms with Crippen molar-refractivity contribution < 1.29 is 14.9 Å². The van der Waals surface area contributed by atoms with Gasteiger partial charge in [-0.05, 0) is 13.0 Å². The van der Waals surface area contributed by atoms with Gasteiger partial charge in [-0.2, -0.15) is 0 Å². The molecule has 3 heteroatoms. The molecule has 0 aromatic heterocycles. The van der Waals surface area contributed by atoms with Gasteiger partial charge in [-0.15, -0.1) is 0 Å². The first-order chi connectivity index (χ1) is 4.02. The molecule has 0 spiro atoms. The van der Waals surface area contributed by atoms with Crippen LogP contribution in [0.25, 0.3) is 0 Å². The van der Waals surface area contributed by atoms with Gasteiger partial charge >= 0.3 is 0 Å². The summed E-state index contributed by atoms with van der Waals surface area (Å²) in [6, 6.07) is 0. The quantitative estimate of drug-likeness (QED) is 0.485. The third-order valence-electron chi connectivity index (χ3n) is 1.31. The molecule has 0 aliphatic carbocycles. The van der Waals surface area contributed by atoms with Crippen LogP contribution < -0.4 is 0 Å². The molecule has 2 unspecified atom stereocenters. The van der Waals surface area contributed by atoms with Gasteiger partial charge in [0.05, 0.1) is 5.76 Å². The maximum absolute atomic E-state index is 9.11. The lowest BCUT2D eigenvalue weighted by atomic mass is 10.2. The molecule has 0 saturated carbocycles. The Labute approximate surface area is 53.6 Å². The van der Waals surface area contributed by atoms with E-state index in [1.54, 1.807) is 6.92 Å². The summed E-state index contributed by atoms with van der Waals surface area (Å²) >= 11 is 0. The lowest BCUT2D eigenvalue weighted by Crippen LogP contribution is -2.35. The average Bonchev–Trinajstić information content (AvgIpc) is 1.79. The second-order valence-corrected chi connectivity index (χ2v) is 2.38. The highest BCUT2D eigenvalue weighted by Crippen LogP contribution is 2.24. The first-order valence-corrected chi connectivity index (χ1v) is 2.80. The lowest BCUT2D eigenvalue weighted by Gasteiger charge is -2.20. The maximum atomic E-state index is 9.11. The van der Waals surface area contributed by atoms with Crippen molar-refractivity contribution in [2.45, 2.75) is 25.7 Å². The van der Waals surface area contributed by atoms with E-state index >= 15 is 0 Å². The number of hydrogen-bond acceptors (Lipinski definition) is 3. The zero-order chi connectivity index (χ0) is 7.07. The summed E-state index contributed by atoms with van der Waals surface area (Å²) in [5.41, 5.74) is 0. The standard InChI is InChI=1S/C6H10O3/c1-4-3-5(7)6(2,8)9-4/h3,5,7-8H,1-2H3. The fourth-order valence-corrected chi connectivity index (χ4v) is 0.797. The summed E-state index contributed by atoms with van der Waals surface area (Å²) in [6.07, 6.45) is 0.581. The predicted octanol–water partition coefficient (Wildman–Crippen LogP) is -0.0102. The summed E-state index contributed by atoms with van der Waals surface area (Å²) in [4.78, 5) is 0. The molecule has 0 bridgehead atoms. The Bertz CT molecular complexity index is 148. The van der Waals surface area contributed by atoms with Gasteiger partial charge in [0.1, 0.15) is 6.10 Å². The summed E-state index contributed by atoms with van der Waals surface area (Å²) < 4.78 is 4.83. The Hall–Kier alpha value is -0.540. The highest BCUT2D eigenvalue weighted by Gasteiger charge is 2.36. The Balaban J connectivity index is 2.71. The van der Waals surface area contributed by atoms with Gasteiger partial charge in [0, 0.05) is 6.92 Å². The molecule has 0 aromatic carbocycles. The van der Waals surface area contributed by atoms with Gasteiger partial charge in [-0.25, -0.2) is 0 Å². The van der Waals surface area contributed by atoms with Gasteiger partial charge in [0.15, 0.2) is 0 Å². The molecule has 2 atom stereocenters. The molecule has 0 radical (unpaired) electrons. The highest BCUT2D eigenvalue weighted by molar-refractivity contribution is 5.06. The lowest BCUT2D eigenvalue weighted by molar-refractivity contribution is -0.191. The number of ether oxygens (including phenoxy) is 1. The molecule has 0 fully saturated rings. The topological polar surface area (TPSA) is 49.7 Å². The molecule has 0 amide bonds. The zero-order valence-corrected chi connectivity index (χ0v) is 5.46. The smallest absolute Gasteiger partial charge is 0.234 e. The van der Waals surface area contributed by atoms with E-state index in [1.807, 2.05) is 0 Å². The number of aliphatic hydroxyl groups excluding tert-OH is 1. The van der Waals surface area contributed by atoms with E-state index < -0.39 is 11.9 Å². The maximum Gasteiger partial charge on any atom is 0.234 e. The third-order valence-corrected chi connectivity index (χ3v) is 1.31. The van der Waals surface area contributed by atoms with Crippen LogP contribution in [0.3, 0.4) is 0 Å².